The normalized spacial score (nSPS) is 9.69. The average molecular weight is 181 g/mol. The summed E-state index contributed by atoms with van der Waals surface area (Å²) >= 11 is 0. The number of rotatable bonds is 2. The van der Waals surface area contributed by atoms with Crippen LogP contribution in [-0.4, -0.2) is 19.9 Å². The quantitative estimate of drug-likeness (QED) is 0.380. The molecule has 0 amide bonds. The maximum Gasteiger partial charge on any atom is 0.313 e. The van der Waals surface area contributed by atoms with E-state index in [0.717, 1.165) is 12.1 Å². The smallest absolute Gasteiger partial charge is 0.313 e. The standard InChI is InChI=1S/C7H5BFNO3/c1-13-7-2-4(8)5(9)3-6(7)10(11)12/h2-3H,1H3. The first-order valence-corrected chi connectivity index (χ1v) is 3.33. The highest BCUT2D eigenvalue weighted by Crippen LogP contribution is 2.25. The fraction of sp³-hybridized carbons (Fsp3) is 0.143. The number of nitro groups is 1. The van der Waals surface area contributed by atoms with Crippen molar-refractivity contribution in [1.82, 2.24) is 0 Å². The Balaban J connectivity index is 3.33. The first-order valence-electron chi connectivity index (χ1n) is 3.33. The highest BCUT2D eigenvalue weighted by Gasteiger charge is 2.16. The first kappa shape index (κ1) is 9.50. The van der Waals surface area contributed by atoms with Gasteiger partial charge in [-0.05, 0) is 6.07 Å². The molecule has 1 rings (SSSR count). The summed E-state index contributed by atoms with van der Waals surface area (Å²) in [6, 6.07) is 1.81. The van der Waals surface area contributed by atoms with Crippen LogP contribution in [0, 0.1) is 15.9 Å². The van der Waals surface area contributed by atoms with Gasteiger partial charge in [0.2, 0.25) is 0 Å². The molecule has 0 aliphatic carbocycles. The SMILES string of the molecule is [B]c1cc(OC)c([N+](=O)[O-])cc1F. The topological polar surface area (TPSA) is 52.4 Å². The van der Waals surface area contributed by atoms with Gasteiger partial charge in [-0.15, -0.1) is 0 Å². The van der Waals surface area contributed by atoms with Crippen LogP contribution in [0.15, 0.2) is 12.1 Å². The lowest BCUT2D eigenvalue weighted by Crippen LogP contribution is -2.10. The number of nitro benzene ring substituents is 1. The molecule has 0 aliphatic rings. The van der Waals surface area contributed by atoms with E-state index >= 15 is 0 Å². The van der Waals surface area contributed by atoms with Crippen molar-refractivity contribution in [3.05, 3.63) is 28.1 Å². The molecule has 1 aromatic carbocycles. The number of hydrogen-bond acceptors (Lipinski definition) is 3. The van der Waals surface area contributed by atoms with Crippen molar-refractivity contribution in [3.63, 3.8) is 0 Å². The largest absolute Gasteiger partial charge is 0.490 e. The molecule has 66 valence electrons. The van der Waals surface area contributed by atoms with Crippen LogP contribution < -0.4 is 10.2 Å². The summed E-state index contributed by atoms with van der Waals surface area (Å²) in [6.45, 7) is 0. The molecule has 4 nitrogen and oxygen atoms in total. The highest BCUT2D eigenvalue weighted by molar-refractivity contribution is 6.32. The van der Waals surface area contributed by atoms with Crippen LogP contribution >= 0.6 is 0 Å². The lowest BCUT2D eigenvalue weighted by Gasteiger charge is -2.03. The fourth-order valence-corrected chi connectivity index (χ4v) is 0.865. The van der Waals surface area contributed by atoms with E-state index in [9.17, 15) is 14.5 Å². The minimum atomic E-state index is -0.826. The number of benzene rings is 1. The molecule has 0 saturated heterocycles. The Morgan fingerprint density at radius 2 is 2.23 bits per heavy atom. The van der Waals surface area contributed by atoms with Crippen molar-refractivity contribution >= 4 is 19.0 Å². The summed E-state index contributed by atoms with van der Waals surface area (Å²) in [6.07, 6.45) is 0. The molecule has 0 N–H and O–H groups in total. The second-order valence-corrected chi connectivity index (χ2v) is 2.30. The Morgan fingerprint density at radius 3 is 2.69 bits per heavy atom. The zero-order chi connectivity index (χ0) is 10.0. The zero-order valence-corrected chi connectivity index (χ0v) is 6.78. The van der Waals surface area contributed by atoms with Gasteiger partial charge < -0.3 is 4.74 Å². The van der Waals surface area contributed by atoms with E-state index < -0.39 is 16.4 Å². The van der Waals surface area contributed by atoms with Gasteiger partial charge in [-0.1, -0.05) is 5.46 Å². The molecule has 2 radical (unpaired) electrons. The van der Waals surface area contributed by atoms with Gasteiger partial charge in [-0.3, -0.25) is 10.1 Å². The molecular formula is C7H5BFNO3. The molecule has 0 heterocycles. The molecule has 13 heavy (non-hydrogen) atoms. The maximum atomic E-state index is 12.8. The molecule has 1 aromatic rings. The van der Waals surface area contributed by atoms with Gasteiger partial charge in [0, 0.05) is 0 Å². The molecule has 0 fully saturated rings. The van der Waals surface area contributed by atoms with E-state index in [1.165, 1.54) is 7.11 Å². The number of ether oxygens (including phenoxy) is 1. The van der Waals surface area contributed by atoms with Gasteiger partial charge in [-0.2, -0.15) is 0 Å². The summed E-state index contributed by atoms with van der Waals surface area (Å²) in [7, 11) is 6.44. The molecule has 0 aromatic heterocycles. The monoisotopic (exact) mass is 181 g/mol. The van der Waals surface area contributed by atoms with Crippen LogP contribution in [0.3, 0.4) is 0 Å². The second-order valence-electron chi connectivity index (χ2n) is 2.30. The van der Waals surface area contributed by atoms with Gasteiger partial charge in [0.25, 0.3) is 0 Å². The summed E-state index contributed by atoms with van der Waals surface area (Å²) in [5.74, 6) is -0.878. The Kier molecular flexibility index (Phi) is 2.50. The van der Waals surface area contributed by atoms with E-state index in [-0.39, 0.29) is 11.2 Å². The molecular weight excluding hydrogens is 176 g/mol. The van der Waals surface area contributed by atoms with Crippen molar-refractivity contribution in [2.24, 2.45) is 0 Å². The van der Waals surface area contributed by atoms with Gasteiger partial charge in [0.05, 0.1) is 18.1 Å². The number of hydrogen-bond donors (Lipinski definition) is 0. The molecule has 0 aliphatic heterocycles. The Bertz CT molecular complexity index is 356. The molecule has 0 bridgehead atoms. The summed E-state index contributed by atoms with van der Waals surface area (Å²) in [5, 5.41) is 10.4. The highest BCUT2D eigenvalue weighted by atomic mass is 19.1. The lowest BCUT2D eigenvalue weighted by atomic mass is 9.95. The summed E-state index contributed by atoms with van der Waals surface area (Å²) in [5.41, 5.74) is -0.614. The van der Waals surface area contributed by atoms with Crippen molar-refractivity contribution in [1.29, 1.82) is 0 Å². The van der Waals surface area contributed by atoms with E-state index in [4.69, 9.17) is 7.85 Å². The molecule has 0 unspecified atom stereocenters. The van der Waals surface area contributed by atoms with Crippen molar-refractivity contribution in [2.75, 3.05) is 7.11 Å². The van der Waals surface area contributed by atoms with E-state index in [1.807, 2.05) is 0 Å². The maximum absolute atomic E-state index is 12.8. The van der Waals surface area contributed by atoms with Crippen LogP contribution in [0.25, 0.3) is 0 Å². The van der Waals surface area contributed by atoms with Gasteiger partial charge in [0.15, 0.2) is 5.75 Å². The predicted molar refractivity (Wildman–Crippen MR) is 45.0 cm³/mol. The van der Waals surface area contributed by atoms with Gasteiger partial charge in [-0.25, -0.2) is 4.39 Å². The molecule has 0 spiro atoms. The number of methoxy groups -OCH3 is 1. The van der Waals surface area contributed by atoms with Crippen LogP contribution in [0.5, 0.6) is 5.75 Å². The Hall–Kier alpha value is -1.59. The fourth-order valence-electron chi connectivity index (χ4n) is 0.865. The van der Waals surface area contributed by atoms with E-state index in [1.54, 1.807) is 0 Å². The number of nitrogens with zero attached hydrogens (tertiary/aromatic N) is 1. The van der Waals surface area contributed by atoms with Crippen LogP contribution in [0.4, 0.5) is 10.1 Å². The Morgan fingerprint density at radius 1 is 1.62 bits per heavy atom. The minimum absolute atomic E-state index is 0.0519. The summed E-state index contributed by atoms with van der Waals surface area (Å²) < 4.78 is 17.4. The van der Waals surface area contributed by atoms with Crippen molar-refractivity contribution < 1.29 is 14.1 Å². The third-order valence-electron chi connectivity index (χ3n) is 1.49. The predicted octanol–water partition coefficient (Wildman–Crippen LogP) is 0.536. The van der Waals surface area contributed by atoms with Gasteiger partial charge >= 0.3 is 5.69 Å². The van der Waals surface area contributed by atoms with Crippen LogP contribution in [0.2, 0.25) is 0 Å². The second kappa shape index (κ2) is 3.43. The van der Waals surface area contributed by atoms with Gasteiger partial charge in [0.1, 0.15) is 13.7 Å². The van der Waals surface area contributed by atoms with E-state index in [2.05, 4.69) is 4.74 Å². The van der Waals surface area contributed by atoms with Crippen LogP contribution in [0.1, 0.15) is 0 Å². The number of halogens is 1. The third kappa shape index (κ3) is 1.77. The van der Waals surface area contributed by atoms with E-state index in [0.29, 0.717) is 0 Å². The van der Waals surface area contributed by atoms with Crippen molar-refractivity contribution in [2.45, 2.75) is 0 Å². The molecule has 0 atom stereocenters. The van der Waals surface area contributed by atoms with Crippen LogP contribution in [-0.2, 0) is 0 Å². The first-order chi connectivity index (χ1) is 6.06. The molecule has 0 saturated carbocycles. The lowest BCUT2D eigenvalue weighted by molar-refractivity contribution is -0.385. The zero-order valence-electron chi connectivity index (χ0n) is 6.78. The third-order valence-corrected chi connectivity index (χ3v) is 1.49. The average Bonchev–Trinajstić information content (AvgIpc) is 2.08. The summed E-state index contributed by atoms with van der Waals surface area (Å²) in [4.78, 5) is 9.63. The molecule has 6 heteroatoms. The van der Waals surface area contributed by atoms with Crippen molar-refractivity contribution in [3.8, 4) is 5.75 Å². The minimum Gasteiger partial charge on any atom is -0.490 e. The Labute approximate surface area is 74.9 Å².